The van der Waals surface area contributed by atoms with E-state index >= 15 is 0 Å². The maximum absolute atomic E-state index is 14.1. The van der Waals surface area contributed by atoms with Gasteiger partial charge in [-0.3, -0.25) is 14.4 Å². The minimum absolute atomic E-state index is 0.0269. The van der Waals surface area contributed by atoms with Gasteiger partial charge in [0.1, 0.15) is 11.4 Å². The van der Waals surface area contributed by atoms with E-state index in [1.807, 2.05) is 0 Å². The fourth-order valence-electron chi connectivity index (χ4n) is 3.69. The lowest BCUT2D eigenvalue weighted by Gasteiger charge is -2.29. The number of primary amides is 1. The van der Waals surface area contributed by atoms with Gasteiger partial charge >= 0.3 is 0 Å². The second kappa shape index (κ2) is 8.66. The number of methoxy groups -OCH3 is 1. The zero-order chi connectivity index (χ0) is 32.7. The van der Waals surface area contributed by atoms with E-state index < -0.39 is 84.8 Å². The Morgan fingerprint density at radius 3 is 2.35 bits per heavy atom. The van der Waals surface area contributed by atoms with Crippen molar-refractivity contribution in [2.75, 3.05) is 29.9 Å². The molecule has 2 aliphatic heterocycles. The van der Waals surface area contributed by atoms with Crippen LogP contribution in [0.15, 0.2) is 48.4 Å². The molecule has 0 aliphatic carbocycles. The summed E-state index contributed by atoms with van der Waals surface area (Å²) >= 11 is 0. The van der Waals surface area contributed by atoms with E-state index in [1.54, 1.807) is 0 Å². The molecule has 2 aromatic carbocycles. The molecular weight excluding hydrogens is 434 g/mol. The standard InChI is InChI=1S/C25H25N5O4/c1-34-19-11-9-18(10-12-19)30-23-20(22(27-30)24(26)32)13-15-29(25(23)33)17-7-5-16(6-8-17)28-14-3-2-4-21(28)31/h5-12H,2-4,13-15H2,1H3,(H2,26,32)/i4D2,9D,10D,11D,12D,14D2,15D2. The number of ether oxygens (including phenoxy) is 1. The molecule has 2 N–H and O–H groups in total. The van der Waals surface area contributed by atoms with E-state index in [-0.39, 0.29) is 35.5 Å². The van der Waals surface area contributed by atoms with Crippen molar-refractivity contribution < 1.29 is 32.8 Å². The maximum Gasteiger partial charge on any atom is 0.277 e. The van der Waals surface area contributed by atoms with Crippen LogP contribution in [0, 0.1) is 0 Å². The summed E-state index contributed by atoms with van der Waals surface area (Å²) < 4.78 is 88.9. The number of benzene rings is 2. The van der Waals surface area contributed by atoms with E-state index in [0.717, 1.165) is 11.8 Å². The largest absolute Gasteiger partial charge is 0.497 e. The average molecular weight is 470 g/mol. The first-order chi connectivity index (χ1) is 20.4. The number of carbonyl (C=O) groups is 3. The number of hydrogen-bond acceptors (Lipinski definition) is 5. The molecule has 5 rings (SSSR count). The lowest BCUT2D eigenvalue weighted by Crippen LogP contribution is -2.39. The number of hydrogen-bond donors (Lipinski definition) is 1. The molecule has 3 aromatic rings. The molecule has 3 heterocycles. The molecule has 0 spiro atoms. The molecule has 0 bridgehead atoms. The van der Waals surface area contributed by atoms with Crippen molar-refractivity contribution in [3.8, 4) is 11.4 Å². The molecule has 9 nitrogen and oxygen atoms in total. The Bertz CT molecular complexity index is 1710. The minimum atomic E-state index is -2.49. The highest BCUT2D eigenvalue weighted by molar-refractivity contribution is 6.09. The Morgan fingerprint density at radius 1 is 1.03 bits per heavy atom. The third kappa shape index (κ3) is 3.68. The van der Waals surface area contributed by atoms with Gasteiger partial charge in [-0.05, 0) is 67.7 Å². The van der Waals surface area contributed by atoms with Crippen LogP contribution in [0.1, 0.15) is 59.5 Å². The zero-order valence-electron chi connectivity index (χ0n) is 27.9. The number of amides is 3. The lowest BCUT2D eigenvalue weighted by molar-refractivity contribution is -0.119. The second-order valence-electron chi connectivity index (χ2n) is 7.30. The van der Waals surface area contributed by atoms with Gasteiger partial charge in [0.05, 0.1) is 21.0 Å². The third-order valence-electron chi connectivity index (χ3n) is 5.28. The Labute approximate surface area is 210 Å². The Hall–Kier alpha value is -4.14. The minimum Gasteiger partial charge on any atom is -0.497 e. The SMILES string of the molecule is [2H]c1c([2H])c(-n2nc(C(N)=O)c3c2C(=O)N(c2ccc(N4C(=O)C([2H])([2H])CCC4([2H])[2H])cc2)C([2H])([2H])C3)c([2H])c([2H])c1OC. The van der Waals surface area contributed by atoms with Gasteiger partial charge in [-0.15, -0.1) is 0 Å². The van der Waals surface area contributed by atoms with E-state index in [9.17, 15) is 14.4 Å². The van der Waals surface area contributed by atoms with E-state index in [0.29, 0.717) is 9.80 Å². The molecule has 0 atom stereocenters. The van der Waals surface area contributed by atoms with Crippen LogP contribution < -0.4 is 20.3 Å². The van der Waals surface area contributed by atoms with Crippen LogP contribution in [-0.4, -0.2) is 47.6 Å². The first kappa shape index (κ1) is 12.9. The number of anilines is 2. The number of fused-ring (bicyclic) bond motifs is 1. The number of piperidine rings is 1. The first-order valence-electron chi connectivity index (χ1n) is 15.2. The van der Waals surface area contributed by atoms with Gasteiger partial charge in [-0.25, -0.2) is 4.68 Å². The van der Waals surface area contributed by atoms with Crippen molar-refractivity contribution in [2.24, 2.45) is 5.73 Å². The van der Waals surface area contributed by atoms with Crippen molar-refractivity contribution in [2.45, 2.75) is 25.6 Å². The van der Waals surface area contributed by atoms with Crippen molar-refractivity contribution in [3.05, 3.63) is 65.4 Å². The predicted octanol–water partition coefficient (Wildman–Crippen LogP) is 2.70. The van der Waals surface area contributed by atoms with Gasteiger partial charge in [0, 0.05) is 41.8 Å². The molecule has 174 valence electrons. The Morgan fingerprint density at radius 2 is 1.71 bits per heavy atom. The second-order valence-corrected chi connectivity index (χ2v) is 7.30. The molecule has 1 saturated heterocycles. The summed E-state index contributed by atoms with van der Waals surface area (Å²) in [4.78, 5) is 40.6. The molecular formula is C25H25N5O4. The van der Waals surface area contributed by atoms with Crippen LogP contribution in [0.3, 0.4) is 0 Å². The third-order valence-corrected chi connectivity index (χ3v) is 5.28. The van der Waals surface area contributed by atoms with Crippen molar-refractivity contribution in [1.82, 2.24) is 9.78 Å². The quantitative estimate of drug-likeness (QED) is 0.618. The molecule has 1 fully saturated rings. The van der Waals surface area contributed by atoms with Gasteiger partial charge < -0.3 is 20.3 Å². The van der Waals surface area contributed by atoms with Gasteiger partial charge in [0.15, 0.2) is 5.69 Å². The molecule has 2 aliphatic rings. The highest BCUT2D eigenvalue weighted by Crippen LogP contribution is 2.31. The lowest BCUT2D eigenvalue weighted by atomic mass is 10.0. The zero-order valence-corrected chi connectivity index (χ0v) is 17.9. The molecule has 1 aromatic heterocycles. The van der Waals surface area contributed by atoms with Crippen molar-refractivity contribution in [3.63, 3.8) is 0 Å². The molecule has 0 unspecified atom stereocenters. The van der Waals surface area contributed by atoms with Crippen LogP contribution in [0.2, 0.25) is 0 Å². The van der Waals surface area contributed by atoms with E-state index in [1.165, 1.54) is 24.3 Å². The Balaban J connectivity index is 1.65. The number of carbonyl (C=O) groups excluding carboxylic acids is 3. The first-order valence-corrected chi connectivity index (χ1v) is 10.2. The van der Waals surface area contributed by atoms with E-state index in [2.05, 4.69) is 5.10 Å². The number of nitrogens with two attached hydrogens (primary N) is 1. The van der Waals surface area contributed by atoms with Crippen LogP contribution in [0.4, 0.5) is 11.4 Å². The van der Waals surface area contributed by atoms with Crippen LogP contribution in [0.25, 0.3) is 5.69 Å². The van der Waals surface area contributed by atoms with Gasteiger partial charge in [0.25, 0.3) is 11.8 Å². The highest BCUT2D eigenvalue weighted by atomic mass is 16.5. The van der Waals surface area contributed by atoms with Crippen LogP contribution in [0.5, 0.6) is 5.75 Å². The molecule has 3 amide bonds. The molecule has 0 saturated carbocycles. The number of aromatic nitrogens is 2. The summed E-state index contributed by atoms with van der Waals surface area (Å²) in [5, 5.41) is 4.04. The van der Waals surface area contributed by atoms with Gasteiger partial charge in [-0.1, -0.05) is 0 Å². The average Bonchev–Trinajstić information content (AvgIpc) is 3.30. The topological polar surface area (TPSA) is 111 Å². The fraction of sp³-hybridized carbons (Fsp3) is 0.280. The van der Waals surface area contributed by atoms with E-state index in [4.69, 9.17) is 24.2 Å². The summed E-state index contributed by atoms with van der Waals surface area (Å²) in [6.07, 6.45) is -3.49. The van der Waals surface area contributed by atoms with Crippen LogP contribution >= 0.6 is 0 Å². The van der Waals surface area contributed by atoms with Crippen molar-refractivity contribution in [1.29, 1.82) is 0 Å². The number of nitrogens with zero attached hydrogens (tertiary/aromatic N) is 4. The molecule has 0 radical (unpaired) electrons. The normalized spacial score (nSPS) is 24.6. The summed E-state index contributed by atoms with van der Waals surface area (Å²) in [6.45, 7) is -4.70. The summed E-state index contributed by atoms with van der Waals surface area (Å²) in [5.41, 5.74) is 3.76. The van der Waals surface area contributed by atoms with Gasteiger partial charge in [-0.2, -0.15) is 5.10 Å². The highest BCUT2D eigenvalue weighted by Gasteiger charge is 2.34. The fourth-order valence-corrected chi connectivity index (χ4v) is 3.69. The number of rotatable bonds is 5. The monoisotopic (exact) mass is 469 g/mol. The van der Waals surface area contributed by atoms with Gasteiger partial charge in [0.2, 0.25) is 5.91 Å². The Kier molecular flexibility index (Phi) is 3.29. The maximum atomic E-state index is 14.1. The summed E-state index contributed by atoms with van der Waals surface area (Å²) in [6, 6.07) is 2.48. The molecule has 34 heavy (non-hydrogen) atoms. The summed E-state index contributed by atoms with van der Waals surface area (Å²) in [7, 11) is 1.16. The van der Waals surface area contributed by atoms with Crippen molar-refractivity contribution >= 4 is 29.1 Å². The predicted molar refractivity (Wildman–Crippen MR) is 127 cm³/mol. The van der Waals surface area contributed by atoms with Crippen LogP contribution in [-0.2, 0) is 11.2 Å². The summed E-state index contributed by atoms with van der Waals surface area (Å²) in [5.74, 6) is -3.64. The molecule has 9 heteroatoms. The smallest absolute Gasteiger partial charge is 0.277 e.